The standard InChI is InChI=1S/C41H51N3O5/c1-7-8-9-10-13-24-44(39(47)36(43-40(48)49-41(4,5)6)26-30-17-21-34(45)22-18-30)37(35-23-16-28(2)25-29(35)3)38(46)42-33-20-19-31-14-11-12-15-32(31)27-33/h11-12,14-23,25,27,36-37,45H,7-10,13,24,26H2,1-6H3,(H,42,46)(H,43,48). The number of rotatable bonds is 14. The molecular weight excluding hydrogens is 614 g/mol. The summed E-state index contributed by atoms with van der Waals surface area (Å²) < 4.78 is 5.58. The number of aryl methyl sites for hydroxylation is 2. The number of carbonyl (C=O) groups is 3. The van der Waals surface area contributed by atoms with Crippen molar-refractivity contribution in [3.05, 3.63) is 107 Å². The van der Waals surface area contributed by atoms with Crippen LogP contribution in [0.1, 0.15) is 88.1 Å². The highest BCUT2D eigenvalue weighted by atomic mass is 16.6. The van der Waals surface area contributed by atoms with E-state index in [4.69, 9.17) is 4.74 Å². The fourth-order valence-corrected chi connectivity index (χ4v) is 6.03. The van der Waals surface area contributed by atoms with E-state index in [1.165, 1.54) is 0 Å². The van der Waals surface area contributed by atoms with E-state index >= 15 is 0 Å². The number of aromatic hydroxyl groups is 1. The van der Waals surface area contributed by atoms with E-state index in [9.17, 15) is 19.5 Å². The molecule has 4 rings (SSSR count). The molecule has 0 spiro atoms. The van der Waals surface area contributed by atoms with Crippen LogP contribution in [0.25, 0.3) is 10.8 Å². The second kappa shape index (κ2) is 17.0. The van der Waals surface area contributed by atoms with Crippen molar-refractivity contribution < 1.29 is 24.2 Å². The maximum atomic E-state index is 14.9. The number of benzene rings is 4. The van der Waals surface area contributed by atoms with Gasteiger partial charge >= 0.3 is 6.09 Å². The van der Waals surface area contributed by atoms with Gasteiger partial charge in [-0.2, -0.15) is 0 Å². The van der Waals surface area contributed by atoms with Crippen LogP contribution in [-0.4, -0.2) is 46.1 Å². The highest BCUT2D eigenvalue weighted by Crippen LogP contribution is 2.30. The van der Waals surface area contributed by atoms with Crippen molar-refractivity contribution >= 4 is 34.4 Å². The van der Waals surface area contributed by atoms with Crippen molar-refractivity contribution in [3.63, 3.8) is 0 Å². The van der Waals surface area contributed by atoms with E-state index in [0.717, 1.165) is 53.1 Å². The zero-order valence-electron chi connectivity index (χ0n) is 29.7. The molecule has 0 bridgehead atoms. The van der Waals surface area contributed by atoms with Crippen LogP contribution in [0.4, 0.5) is 10.5 Å². The van der Waals surface area contributed by atoms with Crippen LogP contribution in [0.15, 0.2) is 84.9 Å². The number of phenols is 1. The van der Waals surface area contributed by atoms with Crippen molar-refractivity contribution in [3.8, 4) is 5.75 Å². The normalized spacial score (nSPS) is 12.6. The molecule has 4 aromatic rings. The van der Waals surface area contributed by atoms with E-state index in [-0.39, 0.29) is 18.1 Å². The molecule has 0 heterocycles. The Hall–Kier alpha value is -4.85. The monoisotopic (exact) mass is 665 g/mol. The minimum absolute atomic E-state index is 0.0979. The highest BCUT2D eigenvalue weighted by molar-refractivity contribution is 6.00. The molecule has 3 N–H and O–H groups in total. The molecular formula is C41H51N3O5. The number of unbranched alkanes of at least 4 members (excludes halogenated alkanes) is 4. The van der Waals surface area contributed by atoms with E-state index < -0.39 is 29.7 Å². The SMILES string of the molecule is CCCCCCCN(C(=O)C(Cc1ccc(O)cc1)NC(=O)OC(C)(C)C)C(C(=O)Nc1ccc2ccccc2c1)c1ccc(C)cc1C. The first-order chi connectivity index (χ1) is 23.3. The number of nitrogens with one attached hydrogen (secondary N) is 2. The Morgan fingerprint density at radius 3 is 2.20 bits per heavy atom. The van der Waals surface area contributed by atoms with E-state index in [0.29, 0.717) is 24.2 Å². The Balaban J connectivity index is 1.78. The first kappa shape index (κ1) is 37.0. The van der Waals surface area contributed by atoms with Gasteiger partial charge in [0.05, 0.1) is 0 Å². The molecule has 0 aliphatic rings. The van der Waals surface area contributed by atoms with Gasteiger partial charge in [-0.05, 0) is 92.8 Å². The fourth-order valence-electron chi connectivity index (χ4n) is 6.03. The first-order valence-corrected chi connectivity index (χ1v) is 17.3. The summed E-state index contributed by atoms with van der Waals surface area (Å²) in [5.74, 6) is -0.640. The van der Waals surface area contributed by atoms with Crippen LogP contribution in [0.2, 0.25) is 0 Å². The third kappa shape index (κ3) is 10.8. The smallest absolute Gasteiger partial charge is 0.408 e. The van der Waals surface area contributed by atoms with Crippen LogP contribution in [0.5, 0.6) is 5.75 Å². The van der Waals surface area contributed by atoms with E-state index in [1.807, 2.05) is 74.5 Å². The van der Waals surface area contributed by atoms with Gasteiger partial charge in [0.1, 0.15) is 23.4 Å². The second-order valence-corrected chi connectivity index (χ2v) is 13.8. The van der Waals surface area contributed by atoms with Crippen LogP contribution in [-0.2, 0) is 20.7 Å². The molecule has 2 unspecified atom stereocenters. The molecule has 0 fully saturated rings. The maximum Gasteiger partial charge on any atom is 0.408 e. The number of fused-ring (bicyclic) bond motifs is 1. The lowest BCUT2D eigenvalue weighted by Gasteiger charge is -2.35. The minimum atomic E-state index is -1.04. The van der Waals surface area contributed by atoms with E-state index in [1.54, 1.807) is 49.9 Å². The summed E-state index contributed by atoms with van der Waals surface area (Å²) in [7, 11) is 0. The Morgan fingerprint density at radius 2 is 1.53 bits per heavy atom. The topological polar surface area (TPSA) is 108 Å². The maximum absolute atomic E-state index is 14.9. The Kier molecular flexibility index (Phi) is 12.8. The van der Waals surface area contributed by atoms with Gasteiger partial charge in [0.2, 0.25) is 5.91 Å². The molecule has 4 aromatic carbocycles. The summed E-state index contributed by atoms with van der Waals surface area (Å²) in [5.41, 5.74) is 3.23. The molecule has 3 amide bonds. The molecule has 0 radical (unpaired) electrons. The number of phenolic OH excluding ortho intramolecular Hbond substituents is 1. The van der Waals surface area contributed by atoms with Crippen molar-refractivity contribution in [1.82, 2.24) is 10.2 Å². The zero-order valence-corrected chi connectivity index (χ0v) is 29.7. The highest BCUT2D eigenvalue weighted by Gasteiger charge is 2.37. The summed E-state index contributed by atoms with van der Waals surface area (Å²) in [6.07, 6.45) is 4.17. The van der Waals surface area contributed by atoms with Crippen molar-refractivity contribution in [2.75, 3.05) is 11.9 Å². The predicted octanol–water partition coefficient (Wildman–Crippen LogP) is 8.78. The summed E-state index contributed by atoms with van der Waals surface area (Å²) >= 11 is 0. The fraction of sp³-hybridized carbons (Fsp3) is 0.390. The number of hydrogen-bond donors (Lipinski definition) is 3. The molecule has 49 heavy (non-hydrogen) atoms. The molecule has 0 saturated heterocycles. The minimum Gasteiger partial charge on any atom is -0.508 e. The molecule has 8 heteroatoms. The van der Waals surface area contributed by atoms with Crippen LogP contribution >= 0.6 is 0 Å². The molecule has 0 aliphatic heterocycles. The Labute approximate surface area is 290 Å². The largest absolute Gasteiger partial charge is 0.508 e. The lowest BCUT2D eigenvalue weighted by Crippen LogP contribution is -2.53. The van der Waals surface area contributed by atoms with Gasteiger partial charge in [0, 0.05) is 18.7 Å². The quantitative estimate of drug-likeness (QED) is 0.117. The molecule has 2 atom stereocenters. The molecule has 260 valence electrons. The summed E-state index contributed by atoms with van der Waals surface area (Å²) in [4.78, 5) is 44.2. The first-order valence-electron chi connectivity index (χ1n) is 17.3. The Morgan fingerprint density at radius 1 is 0.837 bits per heavy atom. The molecule has 0 aromatic heterocycles. The second-order valence-electron chi connectivity index (χ2n) is 13.8. The predicted molar refractivity (Wildman–Crippen MR) is 197 cm³/mol. The third-order valence-corrected chi connectivity index (χ3v) is 8.45. The number of nitrogens with zero attached hydrogens (tertiary/aromatic N) is 1. The van der Waals surface area contributed by atoms with Crippen molar-refractivity contribution in [2.24, 2.45) is 0 Å². The van der Waals surface area contributed by atoms with Gasteiger partial charge in [0.25, 0.3) is 5.91 Å². The van der Waals surface area contributed by atoms with Gasteiger partial charge in [-0.15, -0.1) is 0 Å². The number of ether oxygens (including phenoxy) is 1. The van der Waals surface area contributed by atoms with Gasteiger partial charge in [-0.3, -0.25) is 9.59 Å². The number of carbonyl (C=O) groups excluding carboxylic acids is 3. The summed E-state index contributed by atoms with van der Waals surface area (Å²) in [6.45, 7) is 11.7. The van der Waals surface area contributed by atoms with Gasteiger partial charge in [-0.25, -0.2) is 4.79 Å². The third-order valence-electron chi connectivity index (χ3n) is 8.45. The van der Waals surface area contributed by atoms with Gasteiger partial charge in [-0.1, -0.05) is 98.8 Å². The number of hydrogen-bond acceptors (Lipinski definition) is 5. The van der Waals surface area contributed by atoms with Crippen LogP contribution in [0, 0.1) is 13.8 Å². The number of amides is 3. The average molecular weight is 666 g/mol. The van der Waals surface area contributed by atoms with Gasteiger partial charge < -0.3 is 25.4 Å². The van der Waals surface area contributed by atoms with Crippen molar-refractivity contribution in [2.45, 2.75) is 97.8 Å². The summed E-state index contributed by atoms with van der Waals surface area (Å²) in [5, 5.41) is 17.9. The van der Waals surface area contributed by atoms with Crippen molar-refractivity contribution in [1.29, 1.82) is 0 Å². The Bertz CT molecular complexity index is 1730. The van der Waals surface area contributed by atoms with Crippen LogP contribution in [0.3, 0.4) is 0 Å². The van der Waals surface area contributed by atoms with Gasteiger partial charge in [0.15, 0.2) is 0 Å². The average Bonchev–Trinajstić information content (AvgIpc) is 3.04. The number of anilines is 1. The molecule has 8 nitrogen and oxygen atoms in total. The molecule has 0 saturated carbocycles. The lowest BCUT2D eigenvalue weighted by atomic mass is 9.95. The van der Waals surface area contributed by atoms with Crippen LogP contribution < -0.4 is 10.6 Å². The zero-order chi connectivity index (χ0) is 35.6. The van der Waals surface area contributed by atoms with E-state index in [2.05, 4.69) is 17.6 Å². The molecule has 0 aliphatic carbocycles. The summed E-state index contributed by atoms with van der Waals surface area (Å²) in [6, 6.07) is 24.1. The lowest BCUT2D eigenvalue weighted by molar-refractivity contribution is -0.140. The number of alkyl carbamates (subject to hydrolysis) is 1.